The highest BCUT2D eigenvalue weighted by molar-refractivity contribution is 7.11. The maximum absolute atomic E-state index is 4.59. The van der Waals surface area contributed by atoms with Gasteiger partial charge in [0, 0.05) is 17.5 Å². The van der Waals surface area contributed by atoms with Crippen molar-refractivity contribution in [3.63, 3.8) is 0 Å². The molecule has 3 heteroatoms. The fraction of sp³-hybridized carbons (Fsp3) is 0.727. The van der Waals surface area contributed by atoms with Gasteiger partial charge in [0.25, 0.3) is 0 Å². The average molecular weight is 210 g/mol. The van der Waals surface area contributed by atoms with E-state index in [1.165, 1.54) is 28.4 Å². The van der Waals surface area contributed by atoms with Gasteiger partial charge >= 0.3 is 0 Å². The van der Waals surface area contributed by atoms with Crippen LogP contribution in [0.2, 0.25) is 0 Å². The molecule has 0 bridgehead atoms. The lowest BCUT2D eigenvalue weighted by Gasteiger charge is -2.05. The van der Waals surface area contributed by atoms with E-state index in [1.807, 2.05) is 11.3 Å². The Morgan fingerprint density at radius 2 is 2.21 bits per heavy atom. The molecular formula is C11H18N2S. The van der Waals surface area contributed by atoms with E-state index in [1.54, 1.807) is 0 Å². The van der Waals surface area contributed by atoms with Gasteiger partial charge in [-0.3, -0.25) is 0 Å². The van der Waals surface area contributed by atoms with Crippen LogP contribution in [0.3, 0.4) is 0 Å². The van der Waals surface area contributed by atoms with Gasteiger partial charge in [-0.2, -0.15) is 0 Å². The molecule has 0 saturated heterocycles. The topological polar surface area (TPSA) is 24.9 Å². The average Bonchev–Trinajstić information content (AvgIpc) is 2.86. The first-order valence-electron chi connectivity index (χ1n) is 5.36. The molecule has 1 saturated carbocycles. The summed E-state index contributed by atoms with van der Waals surface area (Å²) in [6, 6.07) is 0.789. The van der Waals surface area contributed by atoms with Gasteiger partial charge in [-0.25, -0.2) is 4.98 Å². The van der Waals surface area contributed by atoms with Crippen LogP contribution in [-0.2, 0) is 6.54 Å². The number of nitrogens with one attached hydrogen (secondary N) is 1. The zero-order chi connectivity index (χ0) is 10.1. The lowest BCUT2D eigenvalue weighted by atomic mass is 10.1. The Bertz CT molecular complexity index is 313. The van der Waals surface area contributed by atoms with Gasteiger partial charge in [0.1, 0.15) is 0 Å². The zero-order valence-corrected chi connectivity index (χ0v) is 9.95. The molecule has 0 spiro atoms. The van der Waals surface area contributed by atoms with Crippen LogP contribution >= 0.6 is 11.3 Å². The molecule has 1 aromatic heterocycles. The van der Waals surface area contributed by atoms with E-state index in [2.05, 4.69) is 31.1 Å². The number of hydrogen-bond donors (Lipinski definition) is 1. The molecule has 14 heavy (non-hydrogen) atoms. The Kier molecular flexibility index (Phi) is 2.88. The molecule has 2 nitrogen and oxygen atoms in total. The first-order chi connectivity index (χ1) is 6.66. The van der Waals surface area contributed by atoms with E-state index in [4.69, 9.17) is 0 Å². The summed E-state index contributed by atoms with van der Waals surface area (Å²) in [5, 5.41) is 4.75. The van der Waals surface area contributed by atoms with Crippen LogP contribution in [0.5, 0.6) is 0 Å². The smallest absolute Gasteiger partial charge is 0.0900 e. The highest BCUT2D eigenvalue weighted by atomic mass is 32.1. The standard InChI is InChI=1S/C11H18N2S/c1-7(2)11-10(14-8(3)13-11)6-12-9-4-5-9/h7,9,12H,4-6H2,1-3H3. The van der Waals surface area contributed by atoms with Crippen molar-refractivity contribution in [1.29, 1.82) is 0 Å². The van der Waals surface area contributed by atoms with Crippen molar-refractivity contribution in [3.05, 3.63) is 15.6 Å². The third kappa shape index (κ3) is 2.34. The normalized spacial score (nSPS) is 16.6. The summed E-state index contributed by atoms with van der Waals surface area (Å²) >= 11 is 1.84. The lowest BCUT2D eigenvalue weighted by molar-refractivity contribution is 0.680. The molecule has 78 valence electrons. The minimum atomic E-state index is 0.552. The summed E-state index contributed by atoms with van der Waals surface area (Å²) in [5.41, 5.74) is 1.29. The maximum Gasteiger partial charge on any atom is 0.0900 e. The van der Waals surface area contributed by atoms with Gasteiger partial charge in [0.2, 0.25) is 0 Å². The molecule has 0 unspecified atom stereocenters. The number of aryl methyl sites for hydroxylation is 1. The van der Waals surface area contributed by atoms with Crippen LogP contribution in [0.1, 0.15) is 48.2 Å². The fourth-order valence-electron chi connectivity index (χ4n) is 1.59. The summed E-state index contributed by atoms with van der Waals surface area (Å²) < 4.78 is 0. The molecule has 0 radical (unpaired) electrons. The summed E-state index contributed by atoms with van der Waals surface area (Å²) in [4.78, 5) is 6.02. The van der Waals surface area contributed by atoms with E-state index in [0.29, 0.717) is 5.92 Å². The summed E-state index contributed by atoms with van der Waals surface area (Å²) in [7, 11) is 0. The monoisotopic (exact) mass is 210 g/mol. The largest absolute Gasteiger partial charge is 0.309 e. The van der Waals surface area contributed by atoms with Gasteiger partial charge in [-0.15, -0.1) is 11.3 Å². The Morgan fingerprint density at radius 3 is 2.79 bits per heavy atom. The van der Waals surface area contributed by atoms with Gasteiger partial charge in [0.05, 0.1) is 10.7 Å². The highest BCUT2D eigenvalue weighted by Crippen LogP contribution is 2.26. The molecule has 0 aromatic carbocycles. The highest BCUT2D eigenvalue weighted by Gasteiger charge is 2.21. The second-order valence-electron chi connectivity index (χ2n) is 4.35. The van der Waals surface area contributed by atoms with Crippen LogP contribution in [0.4, 0.5) is 0 Å². The lowest BCUT2D eigenvalue weighted by Crippen LogP contribution is -2.15. The van der Waals surface area contributed by atoms with E-state index in [9.17, 15) is 0 Å². The first kappa shape index (κ1) is 10.1. The van der Waals surface area contributed by atoms with Crippen LogP contribution in [0.25, 0.3) is 0 Å². The quantitative estimate of drug-likeness (QED) is 0.826. The van der Waals surface area contributed by atoms with Crippen LogP contribution in [-0.4, -0.2) is 11.0 Å². The van der Waals surface area contributed by atoms with Crippen molar-refractivity contribution >= 4 is 11.3 Å². The number of rotatable bonds is 4. The van der Waals surface area contributed by atoms with E-state index >= 15 is 0 Å². The van der Waals surface area contributed by atoms with E-state index < -0.39 is 0 Å². The van der Waals surface area contributed by atoms with Crippen LogP contribution in [0, 0.1) is 6.92 Å². The minimum Gasteiger partial charge on any atom is -0.309 e. The second kappa shape index (κ2) is 3.99. The van der Waals surface area contributed by atoms with Crippen molar-refractivity contribution in [1.82, 2.24) is 10.3 Å². The molecule has 1 aliphatic carbocycles. The molecule has 1 aromatic rings. The maximum atomic E-state index is 4.59. The molecule has 2 rings (SSSR count). The van der Waals surface area contributed by atoms with Crippen molar-refractivity contribution in [2.24, 2.45) is 0 Å². The van der Waals surface area contributed by atoms with Gasteiger partial charge in [0.15, 0.2) is 0 Å². The fourth-order valence-corrected chi connectivity index (χ4v) is 2.63. The number of nitrogens with zero attached hydrogens (tertiary/aromatic N) is 1. The van der Waals surface area contributed by atoms with Crippen LogP contribution in [0.15, 0.2) is 0 Å². The zero-order valence-electron chi connectivity index (χ0n) is 9.13. The number of thiazole rings is 1. The Balaban J connectivity index is 2.05. The predicted molar refractivity (Wildman–Crippen MR) is 60.8 cm³/mol. The minimum absolute atomic E-state index is 0.552. The Hall–Kier alpha value is -0.410. The van der Waals surface area contributed by atoms with Gasteiger partial charge < -0.3 is 5.32 Å². The molecule has 1 fully saturated rings. The predicted octanol–water partition coefficient (Wildman–Crippen LogP) is 2.83. The third-order valence-electron chi connectivity index (χ3n) is 2.51. The molecule has 0 atom stereocenters. The third-order valence-corrected chi connectivity index (χ3v) is 3.50. The SMILES string of the molecule is Cc1nc(C(C)C)c(CNC2CC2)s1. The Morgan fingerprint density at radius 1 is 1.50 bits per heavy atom. The van der Waals surface area contributed by atoms with Crippen molar-refractivity contribution in [3.8, 4) is 0 Å². The first-order valence-corrected chi connectivity index (χ1v) is 6.18. The molecular weight excluding hydrogens is 192 g/mol. The van der Waals surface area contributed by atoms with E-state index in [0.717, 1.165) is 12.6 Å². The second-order valence-corrected chi connectivity index (χ2v) is 5.64. The molecule has 1 heterocycles. The summed E-state index contributed by atoms with van der Waals surface area (Å²) in [6.07, 6.45) is 2.71. The summed E-state index contributed by atoms with van der Waals surface area (Å²) in [5.74, 6) is 0.552. The summed E-state index contributed by atoms with van der Waals surface area (Å²) in [6.45, 7) is 7.55. The number of aromatic nitrogens is 1. The molecule has 1 N–H and O–H groups in total. The number of hydrogen-bond acceptors (Lipinski definition) is 3. The molecule has 1 aliphatic rings. The van der Waals surface area contributed by atoms with Crippen LogP contribution < -0.4 is 5.32 Å². The van der Waals surface area contributed by atoms with E-state index in [-0.39, 0.29) is 0 Å². The van der Waals surface area contributed by atoms with Gasteiger partial charge in [-0.1, -0.05) is 13.8 Å². The van der Waals surface area contributed by atoms with Crippen molar-refractivity contribution in [2.75, 3.05) is 0 Å². The molecule has 0 aliphatic heterocycles. The van der Waals surface area contributed by atoms with Gasteiger partial charge in [-0.05, 0) is 25.7 Å². The molecule has 0 amide bonds. The van der Waals surface area contributed by atoms with Crippen molar-refractivity contribution < 1.29 is 0 Å². The van der Waals surface area contributed by atoms with Crippen molar-refractivity contribution in [2.45, 2.75) is 52.1 Å². The Labute approximate surface area is 89.8 Å².